The molecule has 1 atom stereocenters. The number of esters is 1. The van der Waals surface area contributed by atoms with Crippen LogP contribution in [0.15, 0.2) is 0 Å². The zero-order valence-corrected chi connectivity index (χ0v) is 13.0. The second-order valence-corrected chi connectivity index (χ2v) is 5.83. The molecular formula is C14H20N2O3S. The van der Waals surface area contributed by atoms with E-state index in [2.05, 4.69) is 16.8 Å². The molecule has 1 aromatic rings. The van der Waals surface area contributed by atoms with E-state index >= 15 is 0 Å². The number of thiazole rings is 1. The maximum atomic E-state index is 11.9. The summed E-state index contributed by atoms with van der Waals surface area (Å²) < 4.78 is 4.98. The van der Waals surface area contributed by atoms with Crippen LogP contribution in [0.25, 0.3) is 0 Å². The lowest BCUT2D eigenvalue weighted by Gasteiger charge is -2.22. The maximum Gasteiger partial charge on any atom is 0.358 e. The van der Waals surface area contributed by atoms with Gasteiger partial charge >= 0.3 is 5.97 Å². The van der Waals surface area contributed by atoms with Crippen molar-refractivity contribution in [3.8, 4) is 0 Å². The molecule has 6 heteroatoms. The van der Waals surface area contributed by atoms with Gasteiger partial charge in [0.15, 0.2) is 16.6 Å². The van der Waals surface area contributed by atoms with Gasteiger partial charge in [-0.2, -0.15) is 0 Å². The van der Waals surface area contributed by atoms with Gasteiger partial charge in [0.25, 0.3) is 0 Å². The minimum Gasteiger partial charge on any atom is -0.461 e. The standard InChI is InChI=1S/C14H20N2O3S/c1-4-10-7-6-8-16(10)14-15-11(13(18)19-5-2)12(20-14)9(3)17/h10H,4-8H2,1-3H3. The molecule has 2 heterocycles. The Labute approximate surface area is 122 Å². The van der Waals surface area contributed by atoms with Crippen molar-refractivity contribution in [2.24, 2.45) is 0 Å². The first-order valence-electron chi connectivity index (χ1n) is 7.04. The number of Topliss-reactive ketones (excluding diaryl/α,β-unsaturated/α-hetero) is 1. The number of hydrogen-bond donors (Lipinski definition) is 0. The summed E-state index contributed by atoms with van der Waals surface area (Å²) in [6, 6.07) is 0.455. The molecule has 2 rings (SSSR count). The van der Waals surface area contributed by atoms with Crippen molar-refractivity contribution in [3.05, 3.63) is 10.6 Å². The second-order valence-electron chi connectivity index (χ2n) is 4.85. The lowest BCUT2D eigenvalue weighted by Crippen LogP contribution is -2.28. The molecule has 1 aliphatic rings. The Morgan fingerprint density at radius 2 is 2.20 bits per heavy atom. The first-order valence-corrected chi connectivity index (χ1v) is 7.85. The van der Waals surface area contributed by atoms with Crippen molar-refractivity contribution >= 4 is 28.2 Å². The van der Waals surface area contributed by atoms with E-state index in [0.29, 0.717) is 10.9 Å². The highest BCUT2D eigenvalue weighted by Gasteiger charge is 2.29. The van der Waals surface area contributed by atoms with E-state index in [9.17, 15) is 9.59 Å². The van der Waals surface area contributed by atoms with Gasteiger partial charge in [-0.05, 0) is 26.2 Å². The van der Waals surface area contributed by atoms with E-state index in [4.69, 9.17) is 4.74 Å². The van der Waals surface area contributed by atoms with Crippen molar-refractivity contribution in [3.63, 3.8) is 0 Å². The van der Waals surface area contributed by atoms with Crippen molar-refractivity contribution in [1.29, 1.82) is 0 Å². The van der Waals surface area contributed by atoms with Gasteiger partial charge in [-0.1, -0.05) is 18.3 Å². The molecule has 1 aliphatic heterocycles. The predicted octanol–water partition coefficient (Wildman–Crippen LogP) is 2.90. The molecule has 20 heavy (non-hydrogen) atoms. The topological polar surface area (TPSA) is 59.5 Å². The minimum atomic E-state index is -0.507. The van der Waals surface area contributed by atoms with Gasteiger partial charge in [-0.3, -0.25) is 4.79 Å². The van der Waals surface area contributed by atoms with Crippen LogP contribution in [-0.4, -0.2) is 35.9 Å². The van der Waals surface area contributed by atoms with Crippen LogP contribution in [0.5, 0.6) is 0 Å². The Morgan fingerprint density at radius 1 is 1.45 bits per heavy atom. The molecule has 0 spiro atoms. The third-order valence-electron chi connectivity index (χ3n) is 3.50. The van der Waals surface area contributed by atoms with Gasteiger partial charge < -0.3 is 9.64 Å². The summed E-state index contributed by atoms with van der Waals surface area (Å²) in [4.78, 5) is 30.6. The van der Waals surface area contributed by atoms with Gasteiger partial charge in [-0.25, -0.2) is 9.78 Å². The normalized spacial score (nSPS) is 18.4. The van der Waals surface area contributed by atoms with Gasteiger partial charge in [-0.15, -0.1) is 0 Å². The summed E-state index contributed by atoms with van der Waals surface area (Å²) in [5.74, 6) is -0.642. The number of carbonyl (C=O) groups is 2. The molecule has 1 unspecified atom stereocenters. The van der Waals surface area contributed by atoms with Crippen LogP contribution >= 0.6 is 11.3 Å². The second kappa shape index (κ2) is 6.35. The monoisotopic (exact) mass is 296 g/mol. The molecule has 1 saturated heterocycles. The number of rotatable bonds is 5. The van der Waals surface area contributed by atoms with Crippen LogP contribution in [0.1, 0.15) is 60.2 Å². The molecule has 110 valence electrons. The van der Waals surface area contributed by atoms with E-state index in [1.165, 1.54) is 18.3 Å². The third kappa shape index (κ3) is 2.85. The summed E-state index contributed by atoms with van der Waals surface area (Å²) in [5, 5.41) is 0.766. The van der Waals surface area contributed by atoms with Crippen molar-refractivity contribution in [2.45, 2.75) is 46.1 Å². The molecule has 0 amide bonds. The molecule has 0 bridgehead atoms. The largest absolute Gasteiger partial charge is 0.461 e. The molecule has 0 N–H and O–H groups in total. The predicted molar refractivity (Wildman–Crippen MR) is 78.7 cm³/mol. The smallest absolute Gasteiger partial charge is 0.358 e. The van der Waals surface area contributed by atoms with Gasteiger partial charge in [0, 0.05) is 19.5 Å². The number of hydrogen-bond acceptors (Lipinski definition) is 6. The van der Waals surface area contributed by atoms with Crippen LogP contribution in [-0.2, 0) is 4.74 Å². The summed E-state index contributed by atoms with van der Waals surface area (Å²) in [6.07, 6.45) is 3.31. The Bertz CT molecular complexity index is 513. The first kappa shape index (κ1) is 15.0. The van der Waals surface area contributed by atoms with Crippen LogP contribution in [0.2, 0.25) is 0 Å². The fraction of sp³-hybridized carbons (Fsp3) is 0.643. The summed E-state index contributed by atoms with van der Waals surface area (Å²) >= 11 is 1.30. The van der Waals surface area contributed by atoms with E-state index in [-0.39, 0.29) is 18.1 Å². The van der Waals surface area contributed by atoms with Gasteiger partial charge in [0.1, 0.15) is 4.88 Å². The highest BCUT2D eigenvalue weighted by molar-refractivity contribution is 7.17. The summed E-state index contributed by atoms with van der Waals surface area (Å²) in [6.45, 7) is 6.57. The molecular weight excluding hydrogens is 276 g/mol. The van der Waals surface area contributed by atoms with Crippen molar-refractivity contribution in [2.75, 3.05) is 18.1 Å². The van der Waals surface area contributed by atoms with Gasteiger partial charge in [0.05, 0.1) is 6.61 Å². The number of aromatic nitrogens is 1. The lowest BCUT2D eigenvalue weighted by molar-refractivity contribution is 0.0517. The Morgan fingerprint density at radius 3 is 2.80 bits per heavy atom. The number of nitrogens with zero attached hydrogens (tertiary/aromatic N) is 2. The fourth-order valence-electron chi connectivity index (χ4n) is 2.52. The van der Waals surface area contributed by atoms with E-state index in [1.807, 2.05) is 0 Å². The number of anilines is 1. The zero-order valence-electron chi connectivity index (χ0n) is 12.1. The van der Waals surface area contributed by atoms with E-state index in [1.54, 1.807) is 6.92 Å². The Kier molecular flexibility index (Phi) is 4.75. The van der Waals surface area contributed by atoms with Crippen LogP contribution in [0.3, 0.4) is 0 Å². The highest BCUT2D eigenvalue weighted by Crippen LogP contribution is 2.33. The Balaban J connectivity index is 2.34. The summed E-state index contributed by atoms with van der Waals surface area (Å²) in [7, 11) is 0. The van der Waals surface area contributed by atoms with Crippen LogP contribution in [0, 0.1) is 0 Å². The van der Waals surface area contributed by atoms with E-state index < -0.39 is 5.97 Å². The third-order valence-corrected chi connectivity index (χ3v) is 4.69. The molecule has 1 aromatic heterocycles. The fourth-order valence-corrected chi connectivity index (χ4v) is 3.57. The minimum absolute atomic E-state index is 0.135. The number of ether oxygens (including phenoxy) is 1. The van der Waals surface area contributed by atoms with Crippen molar-refractivity contribution < 1.29 is 14.3 Å². The summed E-state index contributed by atoms with van der Waals surface area (Å²) in [5.41, 5.74) is 0.168. The van der Waals surface area contributed by atoms with Crippen LogP contribution < -0.4 is 4.90 Å². The molecule has 0 saturated carbocycles. The average molecular weight is 296 g/mol. The molecule has 0 aromatic carbocycles. The Hall–Kier alpha value is -1.43. The first-order chi connectivity index (χ1) is 9.58. The highest BCUT2D eigenvalue weighted by atomic mass is 32.1. The SMILES string of the molecule is CCOC(=O)c1nc(N2CCCC2CC)sc1C(C)=O. The average Bonchev–Trinajstić information content (AvgIpc) is 3.04. The van der Waals surface area contributed by atoms with E-state index in [0.717, 1.165) is 30.9 Å². The lowest BCUT2D eigenvalue weighted by atomic mass is 10.2. The zero-order chi connectivity index (χ0) is 14.7. The molecule has 0 radical (unpaired) electrons. The molecule has 5 nitrogen and oxygen atoms in total. The molecule has 1 fully saturated rings. The van der Waals surface area contributed by atoms with Crippen molar-refractivity contribution in [1.82, 2.24) is 4.98 Å². The number of carbonyl (C=O) groups excluding carboxylic acids is 2. The maximum absolute atomic E-state index is 11.9. The quantitative estimate of drug-likeness (QED) is 0.617. The number of ketones is 1. The van der Waals surface area contributed by atoms with Gasteiger partial charge in [0.2, 0.25) is 0 Å². The molecule has 0 aliphatic carbocycles. The van der Waals surface area contributed by atoms with Crippen LogP contribution in [0.4, 0.5) is 5.13 Å².